The molecule has 3 aromatic rings. The number of hydrogen-bond acceptors (Lipinski definition) is 3. The van der Waals surface area contributed by atoms with Crippen LogP contribution in [0.15, 0.2) is 82.4 Å². The van der Waals surface area contributed by atoms with Crippen LogP contribution >= 0.6 is 23.8 Å². The van der Waals surface area contributed by atoms with E-state index in [1.54, 1.807) is 12.1 Å². The van der Waals surface area contributed by atoms with Gasteiger partial charge in [-0.15, -0.1) is 0 Å². The Labute approximate surface area is 178 Å². The summed E-state index contributed by atoms with van der Waals surface area (Å²) in [5, 5.41) is 10.2. The summed E-state index contributed by atoms with van der Waals surface area (Å²) in [6.07, 6.45) is 0. The van der Waals surface area contributed by atoms with Gasteiger partial charge in [0.05, 0.1) is 5.57 Å². The van der Waals surface area contributed by atoms with Gasteiger partial charge in [-0.1, -0.05) is 29.8 Å². The quantitative estimate of drug-likeness (QED) is 0.513. The molecule has 3 N–H and O–H groups in total. The Balaban J connectivity index is 1.65. The smallest absolute Gasteiger partial charge is 0.255 e. The van der Waals surface area contributed by atoms with E-state index in [1.165, 1.54) is 0 Å². The van der Waals surface area contributed by atoms with E-state index in [2.05, 4.69) is 16.0 Å². The Kier molecular flexibility index (Phi) is 5.38. The average molecular weight is 424 g/mol. The predicted molar refractivity (Wildman–Crippen MR) is 119 cm³/mol. The van der Waals surface area contributed by atoms with Gasteiger partial charge in [-0.05, 0) is 67.7 Å². The topological polar surface area (TPSA) is 66.3 Å². The molecule has 1 amide bonds. The summed E-state index contributed by atoms with van der Waals surface area (Å²) in [6, 6.07) is 19.9. The van der Waals surface area contributed by atoms with Gasteiger partial charge in [0.25, 0.3) is 5.91 Å². The van der Waals surface area contributed by atoms with Crippen molar-refractivity contribution < 1.29 is 9.21 Å². The highest BCUT2D eigenvalue weighted by molar-refractivity contribution is 7.80. The van der Waals surface area contributed by atoms with Crippen molar-refractivity contribution in [2.75, 3.05) is 5.32 Å². The number of thiocarbonyl (C=S) groups is 1. The van der Waals surface area contributed by atoms with Crippen molar-refractivity contribution in [3.63, 3.8) is 0 Å². The third kappa shape index (κ3) is 4.18. The van der Waals surface area contributed by atoms with Crippen molar-refractivity contribution >= 4 is 40.5 Å². The van der Waals surface area contributed by atoms with Gasteiger partial charge in [0.2, 0.25) is 0 Å². The Morgan fingerprint density at radius 1 is 1.07 bits per heavy atom. The summed E-state index contributed by atoms with van der Waals surface area (Å²) in [7, 11) is 0. The number of rotatable bonds is 4. The second-order valence-electron chi connectivity index (χ2n) is 6.60. The molecule has 2 heterocycles. The highest BCUT2D eigenvalue weighted by atomic mass is 35.5. The van der Waals surface area contributed by atoms with E-state index in [1.807, 2.05) is 61.5 Å². The van der Waals surface area contributed by atoms with Crippen molar-refractivity contribution in [2.45, 2.75) is 13.0 Å². The standard InChI is InChI=1S/C22H18ClN3O2S/c1-13-19(21(27)25-16-5-3-2-4-6-16)20(26-22(29)24-13)18-12-11-17(28-18)14-7-9-15(23)10-8-14/h2-12,20H,1H3,(H,25,27)(H2,24,26,29)/t20-/m1/s1. The zero-order chi connectivity index (χ0) is 20.4. The van der Waals surface area contributed by atoms with Gasteiger partial charge >= 0.3 is 0 Å². The summed E-state index contributed by atoms with van der Waals surface area (Å²) in [5.41, 5.74) is 2.80. The van der Waals surface area contributed by atoms with Crippen LogP contribution in [-0.2, 0) is 4.79 Å². The van der Waals surface area contributed by atoms with Crippen molar-refractivity contribution in [1.82, 2.24) is 10.6 Å². The SMILES string of the molecule is CC1=C(C(=O)Nc2ccccc2)[C@@H](c2ccc(-c3ccc(Cl)cc3)o2)NC(=S)N1. The van der Waals surface area contributed by atoms with Crippen LogP contribution in [0.4, 0.5) is 5.69 Å². The van der Waals surface area contributed by atoms with Crippen LogP contribution in [0.3, 0.4) is 0 Å². The molecule has 0 saturated carbocycles. The van der Waals surface area contributed by atoms with E-state index >= 15 is 0 Å². The van der Waals surface area contributed by atoms with Gasteiger partial charge in [-0.2, -0.15) is 0 Å². The number of benzene rings is 2. The Morgan fingerprint density at radius 3 is 2.52 bits per heavy atom. The molecule has 1 aromatic heterocycles. The molecule has 1 atom stereocenters. The normalized spacial score (nSPS) is 16.2. The first-order valence-corrected chi connectivity index (χ1v) is 9.80. The molecule has 2 aromatic carbocycles. The lowest BCUT2D eigenvalue weighted by atomic mass is 10.00. The molecule has 146 valence electrons. The average Bonchev–Trinajstić information content (AvgIpc) is 3.18. The van der Waals surface area contributed by atoms with Crippen LogP contribution in [0.1, 0.15) is 18.7 Å². The number of hydrogen-bond donors (Lipinski definition) is 3. The van der Waals surface area contributed by atoms with Gasteiger partial charge in [0.15, 0.2) is 5.11 Å². The zero-order valence-electron chi connectivity index (χ0n) is 15.5. The van der Waals surface area contributed by atoms with Crippen LogP contribution in [0, 0.1) is 0 Å². The molecule has 0 aliphatic carbocycles. The van der Waals surface area contributed by atoms with Crippen LogP contribution in [-0.4, -0.2) is 11.0 Å². The lowest BCUT2D eigenvalue weighted by Crippen LogP contribution is -2.45. The summed E-state index contributed by atoms with van der Waals surface area (Å²) in [5.74, 6) is 1.05. The van der Waals surface area contributed by atoms with Crippen LogP contribution in [0.2, 0.25) is 5.02 Å². The van der Waals surface area contributed by atoms with Gasteiger partial charge in [-0.3, -0.25) is 4.79 Å². The molecule has 0 fully saturated rings. The highest BCUT2D eigenvalue weighted by Crippen LogP contribution is 2.32. The number of allylic oxidation sites excluding steroid dienone is 1. The lowest BCUT2D eigenvalue weighted by Gasteiger charge is -2.28. The molecule has 0 unspecified atom stereocenters. The first kappa shape index (κ1) is 19.2. The Bertz CT molecular complexity index is 1090. The molecule has 1 aliphatic heterocycles. The van der Waals surface area contributed by atoms with Gasteiger partial charge in [-0.25, -0.2) is 0 Å². The third-order valence-electron chi connectivity index (χ3n) is 4.59. The lowest BCUT2D eigenvalue weighted by molar-refractivity contribution is -0.113. The number of nitrogens with one attached hydrogen (secondary N) is 3. The number of furan rings is 1. The molecule has 0 spiro atoms. The van der Waals surface area contributed by atoms with Gasteiger partial charge in [0, 0.05) is 22.0 Å². The summed E-state index contributed by atoms with van der Waals surface area (Å²) >= 11 is 11.3. The number of halogens is 1. The molecule has 1 aliphatic rings. The molecular weight excluding hydrogens is 406 g/mol. The largest absolute Gasteiger partial charge is 0.459 e. The fourth-order valence-electron chi connectivity index (χ4n) is 3.21. The second-order valence-corrected chi connectivity index (χ2v) is 7.44. The third-order valence-corrected chi connectivity index (χ3v) is 5.06. The van der Waals surface area contributed by atoms with Crippen LogP contribution in [0.5, 0.6) is 0 Å². The van der Waals surface area contributed by atoms with E-state index in [0.717, 1.165) is 5.56 Å². The summed E-state index contributed by atoms with van der Waals surface area (Å²) in [4.78, 5) is 13.0. The molecular formula is C22H18ClN3O2S. The van der Waals surface area contributed by atoms with Crippen molar-refractivity contribution in [3.05, 3.63) is 88.8 Å². The molecule has 0 radical (unpaired) electrons. The first-order valence-electron chi connectivity index (χ1n) is 9.01. The number of amides is 1. The molecule has 0 bridgehead atoms. The van der Waals surface area contributed by atoms with Crippen molar-refractivity contribution in [1.29, 1.82) is 0 Å². The van der Waals surface area contributed by atoms with E-state index in [-0.39, 0.29) is 5.91 Å². The minimum atomic E-state index is -0.506. The van der Waals surface area contributed by atoms with Crippen LogP contribution < -0.4 is 16.0 Å². The molecule has 29 heavy (non-hydrogen) atoms. The predicted octanol–water partition coefficient (Wildman–Crippen LogP) is 5.03. The summed E-state index contributed by atoms with van der Waals surface area (Å²) < 4.78 is 6.07. The number of carbonyl (C=O) groups is 1. The number of para-hydroxylation sites is 1. The maximum absolute atomic E-state index is 13.0. The fraction of sp³-hybridized carbons (Fsp3) is 0.0909. The Morgan fingerprint density at radius 2 is 1.79 bits per heavy atom. The van der Waals surface area contributed by atoms with Gasteiger partial charge in [0.1, 0.15) is 17.6 Å². The number of carbonyl (C=O) groups excluding carboxylic acids is 1. The zero-order valence-corrected chi connectivity index (χ0v) is 17.1. The molecule has 7 heteroatoms. The van der Waals surface area contributed by atoms with Gasteiger partial charge < -0.3 is 20.4 Å². The first-order chi connectivity index (χ1) is 14.0. The van der Waals surface area contributed by atoms with E-state index in [4.69, 9.17) is 28.2 Å². The summed E-state index contributed by atoms with van der Waals surface area (Å²) in [6.45, 7) is 1.82. The molecule has 0 saturated heterocycles. The minimum Gasteiger partial charge on any atom is -0.459 e. The van der Waals surface area contributed by atoms with Crippen LogP contribution in [0.25, 0.3) is 11.3 Å². The molecule has 4 rings (SSSR count). The maximum Gasteiger partial charge on any atom is 0.255 e. The maximum atomic E-state index is 13.0. The van der Waals surface area contributed by atoms with E-state index < -0.39 is 6.04 Å². The van der Waals surface area contributed by atoms with Crippen molar-refractivity contribution in [2.24, 2.45) is 0 Å². The monoisotopic (exact) mass is 423 g/mol. The van der Waals surface area contributed by atoms with Crippen molar-refractivity contribution in [3.8, 4) is 11.3 Å². The Hall–Kier alpha value is -3.09. The second kappa shape index (κ2) is 8.11. The van der Waals surface area contributed by atoms with E-state index in [0.29, 0.717) is 38.6 Å². The minimum absolute atomic E-state index is 0.231. The van der Waals surface area contributed by atoms with E-state index in [9.17, 15) is 4.79 Å². The molecule has 5 nitrogen and oxygen atoms in total. The highest BCUT2D eigenvalue weighted by Gasteiger charge is 2.32. The fourth-order valence-corrected chi connectivity index (χ4v) is 3.60. The number of anilines is 1.